The van der Waals surface area contributed by atoms with Gasteiger partial charge in [0.15, 0.2) is 0 Å². The Labute approximate surface area is 178 Å². The van der Waals surface area contributed by atoms with Crippen molar-refractivity contribution in [2.45, 2.75) is 58.0 Å². The average molecular weight is 428 g/mol. The van der Waals surface area contributed by atoms with Crippen LogP contribution in [0.25, 0.3) is 0 Å². The molecule has 30 heavy (non-hydrogen) atoms. The third-order valence-electron chi connectivity index (χ3n) is 5.93. The minimum Gasteiger partial charge on any atom is -0.309 e. The van der Waals surface area contributed by atoms with Gasteiger partial charge in [-0.05, 0) is 73.3 Å². The number of fused-ring (bicyclic) bond motifs is 2. The number of hydrogen-bond acceptors (Lipinski definition) is 4. The highest BCUT2D eigenvalue weighted by molar-refractivity contribution is 7.90. The van der Waals surface area contributed by atoms with E-state index in [2.05, 4.69) is 21.4 Å². The van der Waals surface area contributed by atoms with E-state index in [4.69, 9.17) is 0 Å². The maximum absolute atomic E-state index is 12.6. The van der Waals surface area contributed by atoms with Crippen molar-refractivity contribution < 1.29 is 13.2 Å². The smallest absolute Gasteiger partial charge is 0.309 e. The lowest BCUT2D eigenvalue weighted by Crippen LogP contribution is -2.42. The van der Waals surface area contributed by atoms with E-state index in [9.17, 15) is 13.2 Å². The van der Waals surface area contributed by atoms with Gasteiger partial charge in [0.1, 0.15) is 0 Å². The summed E-state index contributed by atoms with van der Waals surface area (Å²) in [6.45, 7) is 2.38. The maximum atomic E-state index is 12.6. The molecule has 0 bridgehead atoms. The predicted octanol–water partition coefficient (Wildman–Crippen LogP) is 3.29. The number of rotatable bonds is 7. The van der Waals surface area contributed by atoms with Gasteiger partial charge in [-0.2, -0.15) is 0 Å². The first kappa shape index (κ1) is 20.9. The Morgan fingerprint density at radius 2 is 1.63 bits per heavy atom. The van der Waals surface area contributed by atoms with E-state index in [1.54, 1.807) is 6.92 Å². The van der Waals surface area contributed by atoms with Crippen molar-refractivity contribution in [2.24, 2.45) is 0 Å². The van der Waals surface area contributed by atoms with Crippen molar-refractivity contribution in [2.75, 3.05) is 11.1 Å². The summed E-state index contributed by atoms with van der Waals surface area (Å²) in [5, 5.41) is 6.08. The molecule has 7 heteroatoms. The topological polar surface area (TPSA) is 87.3 Å². The Balaban J connectivity index is 1.37. The molecule has 160 valence electrons. The lowest BCUT2D eigenvalue weighted by Gasteiger charge is -2.18. The van der Waals surface area contributed by atoms with E-state index in [0.717, 1.165) is 49.8 Å². The molecule has 4 rings (SSSR count). The molecule has 2 aliphatic carbocycles. The summed E-state index contributed by atoms with van der Waals surface area (Å²) in [6, 6.07) is 11.1. The molecule has 6 nitrogen and oxygen atoms in total. The van der Waals surface area contributed by atoms with Crippen molar-refractivity contribution >= 4 is 21.7 Å². The van der Waals surface area contributed by atoms with Crippen LogP contribution in [0.3, 0.4) is 0 Å². The summed E-state index contributed by atoms with van der Waals surface area (Å²) in [7, 11) is -3.76. The number of hydrogen-bond donors (Lipinski definition) is 3. The van der Waals surface area contributed by atoms with Gasteiger partial charge in [0, 0.05) is 18.3 Å². The third-order valence-corrected chi connectivity index (χ3v) is 7.36. The van der Waals surface area contributed by atoms with Crippen LogP contribution in [0.15, 0.2) is 36.4 Å². The fourth-order valence-electron chi connectivity index (χ4n) is 4.57. The van der Waals surface area contributed by atoms with Crippen LogP contribution in [0.2, 0.25) is 0 Å². The third kappa shape index (κ3) is 4.84. The van der Waals surface area contributed by atoms with Gasteiger partial charge in [0.2, 0.25) is 10.0 Å². The van der Waals surface area contributed by atoms with Gasteiger partial charge in [-0.3, -0.25) is 0 Å². The minimum atomic E-state index is -3.76. The molecular formula is C23H29N3O3S. The molecule has 0 fully saturated rings. The average Bonchev–Trinajstić information content (AvgIpc) is 3.35. The molecule has 1 unspecified atom stereocenters. The van der Waals surface area contributed by atoms with E-state index in [1.165, 1.54) is 22.3 Å². The quantitative estimate of drug-likeness (QED) is 0.633. The molecular weight excluding hydrogens is 398 g/mol. The lowest BCUT2D eigenvalue weighted by atomic mass is 9.99. The van der Waals surface area contributed by atoms with Crippen LogP contribution < -0.4 is 15.4 Å². The molecule has 0 saturated carbocycles. The van der Waals surface area contributed by atoms with Crippen molar-refractivity contribution in [1.29, 1.82) is 0 Å². The number of anilines is 1. The van der Waals surface area contributed by atoms with Crippen LogP contribution in [0, 0.1) is 0 Å². The number of aryl methyl sites for hydroxylation is 2. The molecule has 2 amide bonds. The van der Waals surface area contributed by atoms with Gasteiger partial charge >= 0.3 is 6.03 Å². The van der Waals surface area contributed by atoms with Crippen molar-refractivity contribution in [3.05, 3.63) is 64.2 Å². The van der Waals surface area contributed by atoms with Gasteiger partial charge in [-0.25, -0.2) is 17.9 Å². The summed E-state index contributed by atoms with van der Waals surface area (Å²) >= 11 is 0. The fraction of sp³-hybridized carbons (Fsp3) is 0.435. The van der Waals surface area contributed by atoms with Crippen LogP contribution in [0.4, 0.5) is 10.5 Å². The highest BCUT2D eigenvalue weighted by Crippen LogP contribution is 2.38. The summed E-state index contributed by atoms with van der Waals surface area (Å²) in [6.07, 6.45) is 6.09. The zero-order valence-electron chi connectivity index (χ0n) is 17.3. The van der Waals surface area contributed by atoms with Crippen LogP contribution in [-0.4, -0.2) is 26.2 Å². The second kappa shape index (κ2) is 8.78. The Kier molecular flexibility index (Phi) is 6.11. The minimum absolute atomic E-state index is 0.168. The van der Waals surface area contributed by atoms with Crippen LogP contribution in [0.5, 0.6) is 0 Å². The zero-order chi connectivity index (χ0) is 21.1. The Bertz CT molecular complexity index is 1000. The standard InChI is InChI=1S/C23H29N3O3S/c1-16(24-14-17-7-3-2-4-8-17)15-30(28,29)26-23(27)25-22-20-11-5-9-18(20)13-19-10-6-12-21(19)22/h2-4,7-8,13,16,24H,5-6,9-12,14-15H2,1H3,(H2,25,26,27). The Hall–Kier alpha value is -2.38. The number of benzene rings is 2. The first-order valence-corrected chi connectivity index (χ1v) is 12.3. The number of amides is 2. The van der Waals surface area contributed by atoms with E-state index in [0.29, 0.717) is 6.54 Å². The second-order valence-corrected chi connectivity index (χ2v) is 10.1. The van der Waals surface area contributed by atoms with Gasteiger partial charge in [-0.1, -0.05) is 36.4 Å². The Morgan fingerprint density at radius 3 is 2.27 bits per heavy atom. The number of nitrogens with one attached hydrogen (secondary N) is 3. The highest BCUT2D eigenvalue weighted by Gasteiger charge is 2.26. The van der Waals surface area contributed by atoms with Gasteiger partial charge < -0.3 is 10.6 Å². The fourth-order valence-corrected chi connectivity index (χ4v) is 5.76. The molecule has 0 heterocycles. The normalized spacial score (nSPS) is 16.0. The van der Waals surface area contributed by atoms with E-state index < -0.39 is 16.1 Å². The largest absolute Gasteiger partial charge is 0.332 e. The molecule has 2 aliphatic rings. The summed E-state index contributed by atoms with van der Waals surface area (Å²) in [5.41, 5.74) is 6.89. The number of urea groups is 1. The number of carbonyl (C=O) groups is 1. The van der Waals surface area contributed by atoms with Crippen LogP contribution >= 0.6 is 0 Å². The van der Waals surface area contributed by atoms with Crippen molar-refractivity contribution in [1.82, 2.24) is 10.0 Å². The monoisotopic (exact) mass is 427 g/mol. The Morgan fingerprint density at radius 1 is 1.00 bits per heavy atom. The lowest BCUT2D eigenvalue weighted by molar-refractivity contribution is 0.256. The second-order valence-electron chi connectivity index (χ2n) is 8.34. The predicted molar refractivity (Wildman–Crippen MR) is 119 cm³/mol. The molecule has 3 N–H and O–H groups in total. The SMILES string of the molecule is CC(CS(=O)(=O)NC(=O)Nc1c2c(cc3c1CCC3)CCC2)NCc1ccccc1. The van der Waals surface area contributed by atoms with E-state index in [1.807, 2.05) is 30.3 Å². The van der Waals surface area contributed by atoms with E-state index in [-0.39, 0.29) is 11.8 Å². The summed E-state index contributed by atoms with van der Waals surface area (Å²) < 4.78 is 27.2. The van der Waals surface area contributed by atoms with Gasteiger partial charge in [0.05, 0.1) is 5.75 Å². The van der Waals surface area contributed by atoms with Gasteiger partial charge in [0.25, 0.3) is 0 Å². The molecule has 2 aromatic rings. The molecule has 2 aromatic carbocycles. The highest BCUT2D eigenvalue weighted by atomic mass is 32.2. The maximum Gasteiger partial charge on any atom is 0.332 e. The molecule has 0 aliphatic heterocycles. The van der Waals surface area contributed by atoms with Crippen molar-refractivity contribution in [3.8, 4) is 0 Å². The van der Waals surface area contributed by atoms with E-state index >= 15 is 0 Å². The molecule has 0 saturated heterocycles. The molecule has 0 aromatic heterocycles. The zero-order valence-corrected chi connectivity index (χ0v) is 18.1. The molecule has 1 atom stereocenters. The number of carbonyl (C=O) groups excluding carboxylic acids is 1. The molecule has 0 radical (unpaired) electrons. The van der Waals surface area contributed by atoms with Crippen LogP contribution in [0.1, 0.15) is 47.6 Å². The first-order chi connectivity index (χ1) is 14.4. The molecule has 0 spiro atoms. The van der Waals surface area contributed by atoms with Crippen molar-refractivity contribution in [3.63, 3.8) is 0 Å². The van der Waals surface area contributed by atoms with Gasteiger partial charge in [-0.15, -0.1) is 0 Å². The number of sulfonamides is 1. The van der Waals surface area contributed by atoms with Crippen LogP contribution in [-0.2, 0) is 42.3 Å². The first-order valence-electron chi connectivity index (χ1n) is 10.7. The summed E-state index contributed by atoms with van der Waals surface area (Å²) in [4.78, 5) is 12.6. The summed E-state index contributed by atoms with van der Waals surface area (Å²) in [5.74, 6) is -0.168.